The number of piperazine rings is 1. The fourth-order valence-corrected chi connectivity index (χ4v) is 3.26. The molecule has 3 rings (SSSR count). The smallest absolute Gasteiger partial charge is 0.238 e. The van der Waals surface area contributed by atoms with E-state index in [1.807, 2.05) is 0 Å². The number of amides is 2. The van der Waals surface area contributed by atoms with Crippen LogP contribution in [0.3, 0.4) is 0 Å². The molecule has 2 N–H and O–H groups in total. The van der Waals surface area contributed by atoms with E-state index in [0.717, 1.165) is 26.2 Å². The van der Waals surface area contributed by atoms with Crippen LogP contribution in [0, 0.1) is 11.7 Å². The molecule has 7 heteroatoms. The lowest BCUT2D eigenvalue weighted by Gasteiger charge is -2.34. The van der Waals surface area contributed by atoms with Crippen LogP contribution in [0.1, 0.15) is 19.8 Å². The summed E-state index contributed by atoms with van der Waals surface area (Å²) < 4.78 is 12.9. The minimum atomic E-state index is -0.324. The fraction of sp³-hybridized carbons (Fsp3) is 0.579. The maximum atomic E-state index is 12.9. The largest absolute Gasteiger partial charge is 0.352 e. The number of carbonyl (C=O) groups excluding carboxylic acids is 2. The van der Waals surface area contributed by atoms with E-state index < -0.39 is 0 Å². The van der Waals surface area contributed by atoms with Gasteiger partial charge in [-0.25, -0.2) is 4.39 Å². The van der Waals surface area contributed by atoms with E-state index in [1.165, 1.54) is 25.0 Å². The van der Waals surface area contributed by atoms with E-state index >= 15 is 0 Å². The first-order valence-electron chi connectivity index (χ1n) is 9.29. The zero-order chi connectivity index (χ0) is 18.5. The molecule has 1 aliphatic carbocycles. The van der Waals surface area contributed by atoms with Gasteiger partial charge in [-0.05, 0) is 49.9 Å². The Kier molecular flexibility index (Phi) is 6.21. The van der Waals surface area contributed by atoms with E-state index in [2.05, 4.69) is 27.4 Å². The van der Waals surface area contributed by atoms with Crippen LogP contribution in [0.15, 0.2) is 24.3 Å². The van der Waals surface area contributed by atoms with Crippen LogP contribution in [0.2, 0.25) is 0 Å². The third-order valence-corrected chi connectivity index (χ3v) is 5.05. The number of rotatable bonds is 7. The number of nitrogens with one attached hydrogen (secondary N) is 2. The monoisotopic (exact) mass is 362 g/mol. The first kappa shape index (κ1) is 18.8. The number of anilines is 1. The molecule has 1 saturated carbocycles. The van der Waals surface area contributed by atoms with E-state index in [-0.39, 0.29) is 23.7 Å². The van der Waals surface area contributed by atoms with Gasteiger partial charge in [0.05, 0.1) is 13.1 Å². The van der Waals surface area contributed by atoms with E-state index in [4.69, 9.17) is 0 Å². The lowest BCUT2D eigenvalue weighted by molar-refractivity contribution is -0.124. The number of hydrogen-bond donors (Lipinski definition) is 2. The summed E-state index contributed by atoms with van der Waals surface area (Å²) in [5.74, 6) is 0.318. The van der Waals surface area contributed by atoms with Gasteiger partial charge in [-0.2, -0.15) is 0 Å². The molecule has 0 spiro atoms. The van der Waals surface area contributed by atoms with Crippen molar-refractivity contribution in [2.75, 3.05) is 44.6 Å². The molecule has 1 aromatic carbocycles. The maximum absolute atomic E-state index is 12.9. The molecule has 0 unspecified atom stereocenters. The highest BCUT2D eigenvalue weighted by Crippen LogP contribution is 2.32. The predicted molar refractivity (Wildman–Crippen MR) is 98.2 cm³/mol. The SMILES string of the molecule is C[C@@H](NC(=O)CN1CCN(CC(=O)Nc2ccc(F)cc2)CC1)C1CC1. The van der Waals surface area contributed by atoms with Crippen LogP contribution < -0.4 is 10.6 Å². The molecular formula is C19H27FN4O2. The average molecular weight is 362 g/mol. The second-order valence-electron chi connectivity index (χ2n) is 7.30. The van der Waals surface area contributed by atoms with Crippen molar-refractivity contribution in [3.8, 4) is 0 Å². The van der Waals surface area contributed by atoms with Gasteiger partial charge in [-0.1, -0.05) is 0 Å². The molecule has 2 amide bonds. The number of carbonyl (C=O) groups is 2. The van der Waals surface area contributed by atoms with Crippen LogP contribution >= 0.6 is 0 Å². The van der Waals surface area contributed by atoms with Crippen molar-refractivity contribution in [2.24, 2.45) is 5.92 Å². The Morgan fingerprint density at radius 1 is 1.04 bits per heavy atom. The van der Waals surface area contributed by atoms with Crippen molar-refractivity contribution in [3.05, 3.63) is 30.1 Å². The summed E-state index contributed by atoms with van der Waals surface area (Å²) in [7, 11) is 0. The Labute approximate surface area is 153 Å². The van der Waals surface area contributed by atoms with Crippen molar-refractivity contribution in [2.45, 2.75) is 25.8 Å². The highest BCUT2D eigenvalue weighted by molar-refractivity contribution is 5.92. The van der Waals surface area contributed by atoms with E-state index in [0.29, 0.717) is 24.7 Å². The molecule has 1 aromatic rings. The second kappa shape index (κ2) is 8.60. The zero-order valence-electron chi connectivity index (χ0n) is 15.2. The molecular weight excluding hydrogens is 335 g/mol. The molecule has 2 aliphatic rings. The van der Waals surface area contributed by atoms with Crippen LogP contribution in [0.25, 0.3) is 0 Å². The lowest BCUT2D eigenvalue weighted by Crippen LogP contribution is -2.51. The molecule has 1 saturated heterocycles. The number of hydrogen-bond acceptors (Lipinski definition) is 4. The summed E-state index contributed by atoms with van der Waals surface area (Å²) in [6, 6.07) is 6.02. The van der Waals surface area contributed by atoms with Crippen molar-refractivity contribution in [1.82, 2.24) is 15.1 Å². The highest BCUT2D eigenvalue weighted by Gasteiger charge is 2.29. The fourth-order valence-electron chi connectivity index (χ4n) is 3.26. The van der Waals surface area contributed by atoms with Gasteiger partial charge in [0.2, 0.25) is 11.8 Å². The summed E-state index contributed by atoms with van der Waals surface area (Å²) in [6.45, 7) is 5.85. The third-order valence-electron chi connectivity index (χ3n) is 5.05. The Balaban J connectivity index is 1.34. The molecule has 6 nitrogen and oxygen atoms in total. The summed E-state index contributed by atoms with van der Waals surface area (Å²) in [5, 5.41) is 5.85. The molecule has 0 radical (unpaired) electrons. The Morgan fingerprint density at radius 3 is 2.12 bits per heavy atom. The van der Waals surface area contributed by atoms with Crippen LogP contribution in [0.4, 0.5) is 10.1 Å². The highest BCUT2D eigenvalue weighted by atomic mass is 19.1. The summed E-state index contributed by atoms with van der Waals surface area (Å²) in [5.41, 5.74) is 0.594. The quantitative estimate of drug-likeness (QED) is 0.767. The van der Waals surface area contributed by atoms with Gasteiger partial charge in [0, 0.05) is 37.9 Å². The van der Waals surface area contributed by atoms with Crippen molar-refractivity contribution in [3.63, 3.8) is 0 Å². The maximum Gasteiger partial charge on any atom is 0.238 e. The molecule has 2 fully saturated rings. The molecule has 1 aliphatic heterocycles. The standard InChI is InChI=1S/C19H27FN4O2/c1-14(15-2-3-15)21-18(25)12-23-8-10-24(11-9-23)13-19(26)22-17-6-4-16(20)5-7-17/h4-7,14-15H,2-3,8-13H2,1H3,(H,21,25)(H,22,26)/t14-/m1/s1. The normalized spacial score (nSPS) is 19.8. The molecule has 26 heavy (non-hydrogen) atoms. The van der Waals surface area contributed by atoms with Crippen molar-refractivity contribution in [1.29, 1.82) is 0 Å². The van der Waals surface area contributed by atoms with Crippen LogP contribution in [0.5, 0.6) is 0 Å². The van der Waals surface area contributed by atoms with E-state index in [9.17, 15) is 14.0 Å². The summed E-state index contributed by atoms with van der Waals surface area (Å²) >= 11 is 0. The minimum absolute atomic E-state index is 0.0897. The number of nitrogens with zero attached hydrogens (tertiary/aromatic N) is 2. The third kappa shape index (κ3) is 5.78. The lowest BCUT2D eigenvalue weighted by atomic mass is 10.2. The van der Waals surface area contributed by atoms with Gasteiger partial charge < -0.3 is 10.6 Å². The van der Waals surface area contributed by atoms with Crippen molar-refractivity contribution >= 4 is 17.5 Å². The second-order valence-corrected chi connectivity index (χ2v) is 7.30. The minimum Gasteiger partial charge on any atom is -0.352 e. The Morgan fingerprint density at radius 2 is 1.58 bits per heavy atom. The molecule has 1 heterocycles. The van der Waals surface area contributed by atoms with Gasteiger partial charge >= 0.3 is 0 Å². The predicted octanol–water partition coefficient (Wildman–Crippen LogP) is 1.30. The van der Waals surface area contributed by atoms with Crippen LogP contribution in [-0.4, -0.2) is 66.9 Å². The summed E-state index contributed by atoms with van der Waals surface area (Å²) in [6.07, 6.45) is 2.44. The first-order valence-corrected chi connectivity index (χ1v) is 9.29. The average Bonchev–Trinajstić information content (AvgIpc) is 3.44. The number of halogens is 1. The number of benzene rings is 1. The first-order chi connectivity index (χ1) is 12.5. The zero-order valence-corrected chi connectivity index (χ0v) is 15.2. The van der Waals surface area contributed by atoms with E-state index in [1.54, 1.807) is 12.1 Å². The molecule has 1 atom stereocenters. The topological polar surface area (TPSA) is 64.7 Å². The molecule has 0 bridgehead atoms. The van der Waals surface area contributed by atoms with Gasteiger partial charge in [0.1, 0.15) is 5.82 Å². The van der Waals surface area contributed by atoms with Gasteiger partial charge in [-0.3, -0.25) is 19.4 Å². The van der Waals surface area contributed by atoms with Gasteiger partial charge in [0.15, 0.2) is 0 Å². The molecule has 0 aromatic heterocycles. The Bertz CT molecular complexity index is 625. The van der Waals surface area contributed by atoms with Crippen molar-refractivity contribution < 1.29 is 14.0 Å². The van der Waals surface area contributed by atoms with Gasteiger partial charge in [-0.15, -0.1) is 0 Å². The van der Waals surface area contributed by atoms with Gasteiger partial charge in [0.25, 0.3) is 0 Å². The summed E-state index contributed by atoms with van der Waals surface area (Å²) in [4.78, 5) is 28.4. The molecule has 142 valence electrons. The van der Waals surface area contributed by atoms with Crippen LogP contribution in [-0.2, 0) is 9.59 Å². The Hall–Kier alpha value is -1.99.